The molecule has 3 heterocycles. The molecule has 0 saturated heterocycles. The molecule has 35 heavy (non-hydrogen) atoms. The third-order valence-corrected chi connectivity index (χ3v) is 5.73. The lowest BCUT2D eigenvalue weighted by Gasteiger charge is -2.19. The molecule has 10 nitrogen and oxygen atoms in total. The fourth-order valence-corrected chi connectivity index (χ4v) is 3.76. The fraction of sp³-hybridized carbons (Fsp3) is 0.360. The van der Waals surface area contributed by atoms with Crippen molar-refractivity contribution in [3.63, 3.8) is 0 Å². The van der Waals surface area contributed by atoms with E-state index in [1.807, 2.05) is 32.0 Å². The molecule has 5 rings (SSSR count). The average molecular weight is 476 g/mol. The number of carbonyl (C=O) groups is 1. The Hall–Kier alpha value is -3.92. The second kappa shape index (κ2) is 8.70. The van der Waals surface area contributed by atoms with Crippen LogP contribution in [0.5, 0.6) is 11.8 Å². The second-order valence-corrected chi connectivity index (χ2v) is 9.71. The average Bonchev–Trinajstić information content (AvgIpc) is 3.34. The van der Waals surface area contributed by atoms with Crippen LogP contribution in [-0.2, 0) is 0 Å². The first-order valence-electron chi connectivity index (χ1n) is 11.6. The lowest BCUT2D eigenvalue weighted by atomic mass is 10.0. The van der Waals surface area contributed by atoms with Crippen LogP contribution < -0.4 is 15.4 Å². The molecule has 1 aliphatic rings. The molecule has 1 aromatic carbocycles. The van der Waals surface area contributed by atoms with E-state index in [2.05, 4.69) is 30.9 Å². The van der Waals surface area contributed by atoms with E-state index < -0.39 is 5.60 Å². The van der Waals surface area contributed by atoms with Crippen LogP contribution >= 0.6 is 0 Å². The van der Waals surface area contributed by atoms with Crippen molar-refractivity contribution in [2.45, 2.75) is 52.2 Å². The summed E-state index contributed by atoms with van der Waals surface area (Å²) >= 11 is 0. The summed E-state index contributed by atoms with van der Waals surface area (Å²) in [6.45, 7) is 7.57. The van der Waals surface area contributed by atoms with Crippen LogP contribution in [-0.4, -0.2) is 54.0 Å². The molecule has 0 atom stereocenters. The number of aromatic nitrogens is 5. The molecule has 1 amide bonds. The quantitative estimate of drug-likeness (QED) is 0.306. The molecule has 0 bridgehead atoms. The Bertz CT molecular complexity index is 1400. The number of aryl methyl sites for hydroxylation is 2. The van der Waals surface area contributed by atoms with E-state index in [0.717, 1.165) is 35.4 Å². The van der Waals surface area contributed by atoms with E-state index in [-0.39, 0.29) is 5.91 Å². The number of hydrogen-bond donors (Lipinski definition) is 4. The molecule has 4 N–H and O–H groups in total. The summed E-state index contributed by atoms with van der Waals surface area (Å²) in [6, 6.07) is 9.51. The van der Waals surface area contributed by atoms with Crippen LogP contribution in [0, 0.1) is 13.8 Å². The summed E-state index contributed by atoms with van der Waals surface area (Å²) < 4.78 is 7.59. The summed E-state index contributed by atoms with van der Waals surface area (Å²) in [5.41, 5.74) is 4.33. The first-order valence-corrected chi connectivity index (χ1v) is 11.6. The number of H-pyrrole nitrogens is 1. The topological polar surface area (TPSA) is 129 Å². The highest BCUT2D eigenvalue weighted by Gasteiger charge is 2.25. The van der Waals surface area contributed by atoms with Crippen molar-refractivity contribution in [1.82, 2.24) is 30.1 Å². The van der Waals surface area contributed by atoms with E-state index in [1.54, 1.807) is 36.7 Å². The first-order chi connectivity index (χ1) is 16.7. The zero-order chi connectivity index (χ0) is 24.7. The number of amides is 1. The number of nitrogens with one attached hydrogen (secondary N) is 3. The van der Waals surface area contributed by atoms with Crippen LogP contribution in [0.4, 0.5) is 5.69 Å². The number of fused-ring (bicyclic) bond motifs is 1. The monoisotopic (exact) mass is 475 g/mol. The summed E-state index contributed by atoms with van der Waals surface area (Å²) in [6.07, 6.45) is 3.82. The van der Waals surface area contributed by atoms with Gasteiger partial charge in [0.2, 0.25) is 11.8 Å². The minimum absolute atomic E-state index is 0.0455. The molecule has 182 valence electrons. The van der Waals surface area contributed by atoms with Crippen LogP contribution in [0.2, 0.25) is 0 Å². The van der Waals surface area contributed by atoms with Crippen molar-refractivity contribution in [2.75, 3.05) is 11.9 Å². The fourth-order valence-electron chi connectivity index (χ4n) is 3.76. The molecule has 3 aromatic heterocycles. The number of nitrogens with zero attached hydrogens (tertiary/aromatic N) is 4. The highest BCUT2D eigenvalue weighted by atomic mass is 16.5. The van der Waals surface area contributed by atoms with Crippen LogP contribution in [0.1, 0.15) is 48.3 Å². The number of anilines is 1. The maximum Gasteiger partial charge on any atom is 0.251 e. The second-order valence-electron chi connectivity index (χ2n) is 9.71. The third-order valence-electron chi connectivity index (χ3n) is 5.73. The zero-order valence-electron chi connectivity index (χ0n) is 20.2. The predicted molar refractivity (Wildman–Crippen MR) is 132 cm³/mol. The van der Waals surface area contributed by atoms with Gasteiger partial charge in [0.1, 0.15) is 0 Å². The van der Waals surface area contributed by atoms with Gasteiger partial charge in [-0.3, -0.25) is 9.89 Å². The predicted octanol–water partition coefficient (Wildman–Crippen LogP) is 3.60. The van der Waals surface area contributed by atoms with Gasteiger partial charge in [0.25, 0.3) is 5.91 Å². The Morgan fingerprint density at radius 2 is 2.03 bits per heavy atom. The van der Waals surface area contributed by atoms with Crippen LogP contribution in [0.3, 0.4) is 0 Å². The molecular formula is C25H29N7O3. The smallest absolute Gasteiger partial charge is 0.251 e. The lowest BCUT2D eigenvalue weighted by Crippen LogP contribution is -2.29. The molecule has 0 unspecified atom stereocenters. The molecule has 10 heteroatoms. The minimum Gasteiger partial charge on any atom is -0.417 e. The van der Waals surface area contributed by atoms with Crippen molar-refractivity contribution in [3.8, 4) is 23.0 Å². The van der Waals surface area contributed by atoms with Crippen molar-refractivity contribution >= 4 is 17.2 Å². The lowest BCUT2D eigenvalue weighted by molar-refractivity contribution is 0.0940. The maximum atomic E-state index is 12.5. The SMILES string of the molecule is Cc1cc(Oc2cc(NCC(C)(C)O)c3ncc(-c4ccc(C(=O)NC5CC5)c(C)c4)n3n2)n[nH]1. The minimum atomic E-state index is -0.927. The number of aliphatic hydroxyl groups is 1. The first kappa shape index (κ1) is 22.9. The molecule has 1 saturated carbocycles. The third kappa shape index (κ3) is 5.12. The van der Waals surface area contributed by atoms with Gasteiger partial charge in [-0.05, 0) is 58.2 Å². The van der Waals surface area contributed by atoms with Gasteiger partial charge in [0.05, 0.1) is 23.2 Å². The van der Waals surface area contributed by atoms with Gasteiger partial charge in [0, 0.05) is 41.5 Å². The van der Waals surface area contributed by atoms with E-state index >= 15 is 0 Å². The van der Waals surface area contributed by atoms with Crippen LogP contribution in [0.15, 0.2) is 36.5 Å². The van der Waals surface area contributed by atoms with Gasteiger partial charge in [-0.25, -0.2) is 9.50 Å². The Morgan fingerprint density at radius 3 is 2.69 bits per heavy atom. The van der Waals surface area contributed by atoms with E-state index in [0.29, 0.717) is 41.2 Å². The number of ether oxygens (including phenoxy) is 1. The summed E-state index contributed by atoms with van der Waals surface area (Å²) in [5, 5.41) is 28.1. The molecule has 0 spiro atoms. The highest BCUT2D eigenvalue weighted by molar-refractivity contribution is 5.96. The van der Waals surface area contributed by atoms with Gasteiger partial charge in [-0.2, -0.15) is 0 Å². The number of benzene rings is 1. The van der Waals surface area contributed by atoms with Gasteiger partial charge in [-0.15, -0.1) is 10.2 Å². The number of imidazole rings is 1. The van der Waals surface area contributed by atoms with Crippen molar-refractivity contribution in [1.29, 1.82) is 0 Å². The van der Waals surface area contributed by atoms with Gasteiger partial charge in [-0.1, -0.05) is 6.07 Å². The molecule has 0 radical (unpaired) electrons. The van der Waals surface area contributed by atoms with Crippen molar-refractivity contribution in [2.24, 2.45) is 0 Å². The summed E-state index contributed by atoms with van der Waals surface area (Å²) in [7, 11) is 0. The van der Waals surface area contributed by atoms with Gasteiger partial charge >= 0.3 is 0 Å². The Labute approximate surface area is 202 Å². The summed E-state index contributed by atoms with van der Waals surface area (Å²) in [4.78, 5) is 17.1. The van der Waals surface area contributed by atoms with Crippen molar-refractivity contribution in [3.05, 3.63) is 53.3 Å². The maximum absolute atomic E-state index is 12.5. The standard InChI is InChI=1S/C25H29N7O3/c1-14-9-16(5-8-18(14)24(33)28-17-6-7-17)20-12-26-23-19(27-13-25(3,4)34)11-22(31-32(20)23)35-21-10-15(2)29-30-21/h5,8-12,17,27,34H,6-7,13H2,1-4H3,(H,28,33)(H,29,30). The molecule has 4 aromatic rings. The number of carbonyl (C=O) groups excluding carboxylic acids is 1. The summed E-state index contributed by atoms with van der Waals surface area (Å²) in [5.74, 6) is 0.667. The Kier molecular flexibility index (Phi) is 5.68. The van der Waals surface area contributed by atoms with E-state index in [9.17, 15) is 9.90 Å². The van der Waals surface area contributed by atoms with Crippen LogP contribution in [0.25, 0.3) is 16.9 Å². The molecule has 1 aliphatic carbocycles. The normalized spacial score (nSPS) is 13.7. The molecule has 1 fully saturated rings. The number of aromatic amines is 1. The van der Waals surface area contributed by atoms with Gasteiger partial charge < -0.3 is 20.5 Å². The molecule has 0 aliphatic heterocycles. The van der Waals surface area contributed by atoms with Gasteiger partial charge in [0.15, 0.2) is 5.65 Å². The van der Waals surface area contributed by atoms with Crippen molar-refractivity contribution < 1.29 is 14.6 Å². The Balaban J connectivity index is 1.53. The molecular weight excluding hydrogens is 446 g/mol. The zero-order valence-corrected chi connectivity index (χ0v) is 20.2. The number of hydrogen-bond acceptors (Lipinski definition) is 7. The van der Waals surface area contributed by atoms with E-state index in [4.69, 9.17) is 4.74 Å². The van der Waals surface area contributed by atoms with E-state index in [1.165, 1.54) is 0 Å². The largest absolute Gasteiger partial charge is 0.417 e. The highest BCUT2D eigenvalue weighted by Crippen LogP contribution is 2.30. The Morgan fingerprint density at radius 1 is 1.23 bits per heavy atom. The number of rotatable bonds is 8.